The molecule has 2 aliphatic heterocycles. The standard InChI is InChI=1S/C15H31N3O2/c1-12(2)18-8-10-20-15(11-18)14(17-16)7-3-5-13-6-4-9-19-13/h12-15,17H,3-11,16H2,1-2H3. The number of nitrogens with one attached hydrogen (secondary N) is 1. The van der Waals surface area contributed by atoms with Gasteiger partial charge in [-0.15, -0.1) is 0 Å². The Morgan fingerprint density at radius 3 is 2.80 bits per heavy atom. The second-order valence-corrected chi connectivity index (χ2v) is 6.34. The summed E-state index contributed by atoms with van der Waals surface area (Å²) in [6.07, 6.45) is 6.50. The van der Waals surface area contributed by atoms with Gasteiger partial charge in [0.2, 0.25) is 0 Å². The van der Waals surface area contributed by atoms with Crippen molar-refractivity contribution >= 4 is 0 Å². The lowest BCUT2D eigenvalue weighted by Gasteiger charge is -2.38. The molecule has 118 valence electrons. The summed E-state index contributed by atoms with van der Waals surface area (Å²) in [7, 11) is 0. The van der Waals surface area contributed by atoms with E-state index in [-0.39, 0.29) is 12.1 Å². The molecular weight excluding hydrogens is 254 g/mol. The van der Waals surface area contributed by atoms with E-state index in [9.17, 15) is 0 Å². The van der Waals surface area contributed by atoms with Crippen LogP contribution >= 0.6 is 0 Å². The Kier molecular flexibility index (Phi) is 6.71. The molecule has 2 heterocycles. The molecule has 3 unspecified atom stereocenters. The molecule has 0 spiro atoms. The van der Waals surface area contributed by atoms with Crippen molar-refractivity contribution in [3.05, 3.63) is 0 Å². The van der Waals surface area contributed by atoms with Crippen LogP contribution in [0.5, 0.6) is 0 Å². The van der Waals surface area contributed by atoms with Gasteiger partial charge in [0, 0.05) is 31.8 Å². The lowest BCUT2D eigenvalue weighted by atomic mass is 10.0. The van der Waals surface area contributed by atoms with Crippen LogP contribution in [0.25, 0.3) is 0 Å². The third-order valence-corrected chi connectivity index (χ3v) is 4.58. The summed E-state index contributed by atoms with van der Waals surface area (Å²) in [5.41, 5.74) is 2.96. The number of ether oxygens (including phenoxy) is 2. The monoisotopic (exact) mass is 285 g/mol. The molecule has 2 aliphatic rings. The van der Waals surface area contributed by atoms with Crippen molar-refractivity contribution in [1.82, 2.24) is 10.3 Å². The van der Waals surface area contributed by atoms with Crippen LogP contribution in [0.2, 0.25) is 0 Å². The van der Waals surface area contributed by atoms with Crippen molar-refractivity contribution in [2.45, 2.75) is 70.2 Å². The highest BCUT2D eigenvalue weighted by molar-refractivity contribution is 4.83. The number of hydrogen-bond donors (Lipinski definition) is 2. The topological polar surface area (TPSA) is 59.8 Å². The lowest BCUT2D eigenvalue weighted by molar-refractivity contribution is -0.0572. The number of hydrogen-bond acceptors (Lipinski definition) is 5. The minimum absolute atomic E-state index is 0.209. The number of nitrogens with zero attached hydrogens (tertiary/aromatic N) is 1. The maximum atomic E-state index is 5.92. The first-order valence-electron chi connectivity index (χ1n) is 8.14. The van der Waals surface area contributed by atoms with Gasteiger partial charge in [-0.2, -0.15) is 0 Å². The first-order chi connectivity index (χ1) is 9.70. The molecule has 3 N–H and O–H groups in total. The fourth-order valence-electron chi connectivity index (χ4n) is 3.22. The van der Waals surface area contributed by atoms with E-state index in [1.807, 2.05) is 0 Å². The van der Waals surface area contributed by atoms with Gasteiger partial charge in [0.05, 0.1) is 18.8 Å². The summed E-state index contributed by atoms with van der Waals surface area (Å²) in [6, 6.07) is 0.824. The summed E-state index contributed by atoms with van der Waals surface area (Å²) in [4.78, 5) is 2.47. The molecule has 0 aromatic heterocycles. The molecule has 5 heteroatoms. The number of hydrazine groups is 1. The third kappa shape index (κ3) is 4.67. The zero-order valence-corrected chi connectivity index (χ0v) is 13.0. The van der Waals surface area contributed by atoms with E-state index in [1.54, 1.807) is 0 Å². The molecule has 2 saturated heterocycles. The fourth-order valence-corrected chi connectivity index (χ4v) is 3.22. The quantitative estimate of drug-likeness (QED) is 0.545. The first-order valence-corrected chi connectivity index (χ1v) is 8.14. The van der Waals surface area contributed by atoms with E-state index in [1.165, 1.54) is 12.8 Å². The highest BCUT2D eigenvalue weighted by atomic mass is 16.5. The first kappa shape index (κ1) is 16.2. The average molecular weight is 285 g/mol. The Morgan fingerprint density at radius 1 is 1.30 bits per heavy atom. The molecule has 5 nitrogen and oxygen atoms in total. The van der Waals surface area contributed by atoms with Crippen molar-refractivity contribution < 1.29 is 9.47 Å². The normalized spacial score (nSPS) is 30.0. The Morgan fingerprint density at radius 2 is 2.15 bits per heavy atom. The molecule has 0 aromatic carbocycles. The van der Waals surface area contributed by atoms with Crippen LogP contribution in [-0.4, -0.2) is 55.5 Å². The minimum Gasteiger partial charge on any atom is -0.378 e. The average Bonchev–Trinajstić information content (AvgIpc) is 2.97. The summed E-state index contributed by atoms with van der Waals surface area (Å²) >= 11 is 0. The van der Waals surface area contributed by atoms with Crippen LogP contribution in [0, 0.1) is 0 Å². The second-order valence-electron chi connectivity index (χ2n) is 6.34. The summed E-state index contributed by atoms with van der Waals surface area (Å²) in [6.45, 7) is 8.24. The summed E-state index contributed by atoms with van der Waals surface area (Å²) in [5.74, 6) is 5.74. The molecule has 0 bridgehead atoms. The second kappa shape index (κ2) is 8.29. The Bertz CT molecular complexity index is 270. The van der Waals surface area contributed by atoms with Crippen LogP contribution in [0.4, 0.5) is 0 Å². The van der Waals surface area contributed by atoms with E-state index in [2.05, 4.69) is 24.2 Å². The van der Waals surface area contributed by atoms with Crippen LogP contribution in [0.1, 0.15) is 46.0 Å². The van der Waals surface area contributed by atoms with Gasteiger partial charge in [-0.1, -0.05) is 0 Å². The van der Waals surface area contributed by atoms with Crippen molar-refractivity contribution in [2.75, 3.05) is 26.3 Å². The lowest BCUT2D eigenvalue weighted by Crippen LogP contribution is -2.55. The smallest absolute Gasteiger partial charge is 0.0868 e. The van der Waals surface area contributed by atoms with Crippen LogP contribution < -0.4 is 11.3 Å². The predicted octanol–water partition coefficient (Wildman–Crippen LogP) is 1.28. The maximum Gasteiger partial charge on any atom is 0.0868 e. The van der Waals surface area contributed by atoms with Gasteiger partial charge in [0.15, 0.2) is 0 Å². The molecule has 0 aliphatic carbocycles. The number of rotatable bonds is 7. The molecule has 0 radical (unpaired) electrons. The van der Waals surface area contributed by atoms with E-state index in [0.29, 0.717) is 12.1 Å². The van der Waals surface area contributed by atoms with E-state index >= 15 is 0 Å². The van der Waals surface area contributed by atoms with Gasteiger partial charge in [0.1, 0.15) is 0 Å². The van der Waals surface area contributed by atoms with Crippen LogP contribution in [-0.2, 0) is 9.47 Å². The molecular formula is C15H31N3O2. The molecule has 0 saturated carbocycles. The third-order valence-electron chi connectivity index (χ3n) is 4.58. The fraction of sp³-hybridized carbons (Fsp3) is 1.00. The Labute approximate surface area is 123 Å². The van der Waals surface area contributed by atoms with Gasteiger partial charge < -0.3 is 9.47 Å². The van der Waals surface area contributed by atoms with Crippen molar-refractivity contribution in [3.8, 4) is 0 Å². The van der Waals surface area contributed by atoms with E-state index in [4.69, 9.17) is 15.3 Å². The molecule has 0 amide bonds. The molecule has 0 aromatic rings. The van der Waals surface area contributed by atoms with Gasteiger partial charge in [-0.3, -0.25) is 16.2 Å². The van der Waals surface area contributed by atoms with Crippen molar-refractivity contribution in [3.63, 3.8) is 0 Å². The van der Waals surface area contributed by atoms with Gasteiger partial charge in [0.25, 0.3) is 0 Å². The number of morpholine rings is 1. The van der Waals surface area contributed by atoms with Gasteiger partial charge in [-0.05, 0) is 46.0 Å². The Hall–Kier alpha value is -0.200. The van der Waals surface area contributed by atoms with E-state index in [0.717, 1.165) is 45.6 Å². The number of nitrogens with two attached hydrogens (primary N) is 1. The van der Waals surface area contributed by atoms with Crippen LogP contribution in [0.15, 0.2) is 0 Å². The Balaban J connectivity index is 1.72. The van der Waals surface area contributed by atoms with Crippen LogP contribution in [0.3, 0.4) is 0 Å². The highest BCUT2D eigenvalue weighted by Crippen LogP contribution is 2.20. The zero-order chi connectivity index (χ0) is 14.4. The molecule has 2 fully saturated rings. The van der Waals surface area contributed by atoms with Crippen molar-refractivity contribution in [1.29, 1.82) is 0 Å². The predicted molar refractivity (Wildman–Crippen MR) is 80.4 cm³/mol. The van der Waals surface area contributed by atoms with Gasteiger partial charge >= 0.3 is 0 Å². The minimum atomic E-state index is 0.209. The van der Waals surface area contributed by atoms with E-state index < -0.39 is 0 Å². The SMILES string of the molecule is CC(C)N1CCOC(C(CCCC2CCCO2)NN)C1. The van der Waals surface area contributed by atoms with Gasteiger partial charge in [-0.25, -0.2) is 0 Å². The summed E-state index contributed by atoms with van der Waals surface area (Å²) < 4.78 is 11.6. The highest BCUT2D eigenvalue weighted by Gasteiger charge is 2.28. The molecule has 2 rings (SSSR count). The maximum absolute atomic E-state index is 5.92. The largest absolute Gasteiger partial charge is 0.378 e. The molecule has 20 heavy (non-hydrogen) atoms. The summed E-state index contributed by atoms with van der Waals surface area (Å²) in [5, 5.41) is 0. The zero-order valence-electron chi connectivity index (χ0n) is 13.0. The van der Waals surface area contributed by atoms with Crippen molar-refractivity contribution in [2.24, 2.45) is 5.84 Å². The molecule has 3 atom stereocenters.